The predicted molar refractivity (Wildman–Crippen MR) is 92.9 cm³/mol. The molecular weight excluding hydrogens is 305 g/mol. The predicted octanol–water partition coefficient (Wildman–Crippen LogP) is 3.50. The minimum absolute atomic E-state index is 0.280. The van der Waals surface area contributed by atoms with Crippen LogP contribution < -0.4 is 5.32 Å². The lowest BCUT2D eigenvalue weighted by Crippen LogP contribution is -2.39. The molecule has 0 saturated heterocycles. The molecule has 0 bridgehead atoms. The normalized spacial score (nSPS) is 11.5. The number of hydrogen-bond donors (Lipinski definition) is 1. The Kier molecular flexibility index (Phi) is 5.64. The lowest BCUT2D eigenvalue weighted by atomic mass is 9.84. The summed E-state index contributed by atoms with van der Waals surface area (Å²) in [5.74, 6) is -1.56. The van der Waals surface area contributed by atoms with Gasteiger partial charge in [0.15, 0.2) is 0 Å². The molecular formula is C20H20FNO2. The summed E-state index contributed by atoms with van der Waals surface area (Å²) in [7, 11) is 0. The van der Waals surface area contributed by atoms with Crippen molar-refractivity contribution in [2.24, 2.45) is 0 Å². The molecule has 1 amide bonds. The molecule has 0 saturated carbocycles. The van der Waals surface area contributed by atoms with Gasteiger partial charge in [-0.15, -0.1) is 0 Å². The van der Waals surface area contributed by atoms with Crippen LogP contribution in [-0.4, -0.2) is 18.2 Å². The van der Waals surface area contributed by atoms with E-state index in [1.165, 1.54) is 18.2 Å². The van der Waals surface area contributed by atoms with Gasteiger partial charge in [0.25, 0.3) is 5.91 Å². The lowest BCUT2D eigenvalue weighted by molar-refractivity contribution is -0.135. The SMILES string of the molecule is CC(C)(CNC(=O)C(=O)/C=C/c1ccccc1)c1ccc(F)cc1. The molecule has 124 valence electrons. The highest BCUT2D eigenvalue weighted by atomic mass is 19.1. The summed E-state index contributed by atoms with van der Waals surface area (Å²) in [6.07, 6.45) is 2.86. The topological polar surface area (TPSA) is 46.2 Å². The van der Waals surface area contributed by atoms with Crippen molar-refractivity contribution in [1.29, 1.82) is 0 Å². The van der Waals surface area contributed by atoms with Crippen molar-refractivity contribution in [3.8, 4) is 0 Å². The molecule has 0 aliphatic carbocycles. The molecule has 1 N–H and O–H groups in total. The third-order valence-corrected chi connectivity index (χ3v) is 3.77. The van der Waals surface area contributed by atoms with Gasteiger partial charge in [-0.05, 0) is 29.3 Å². The van der Waals surface area contributed by atoms with Gasteiger partial charge in [0.1, 0.15) is 5.82 Å². The zero-order chi connectivity index (χ0) is 17.6. The third kappa shape index (κ3) is 4.88. The first-order chi connectivity index (χ1) is 11.4. The van der Waals surface area contributed by atoms with E-state index < -0.39 is 17.1 Å². The van der Waals surface area contributed by atoms with E-state index in [0.717, 1.165) is 11.1 Å². The van der Waals surface area contributed by atoms with E-state index in [1.54, 1.807) is 18.2 Å². The van der Waals surface area contributed by atoms with Crippen LogP contribution in [0.1, 0.15) is 25.0 Å². The molecule has 0 atom stereocenters. The number of nitrogens with one attached hydrogen (secondary N) is 1. The molecule has 0 heterocycles. The summed E-state index contributed by atoms with van der Waals surface area (Å²) >= 11 is 0. The molecule has 0 unspecified atom stereocenters. The Bertz CT molecular complexity index is 734. The minimum atomic E-state index is -0.655. The molecule has 2 aromatic rings. The Hall–Kier alpha value is -2.75. The van der Waals surface area contributed by atoms with E-state index in [1.807, 2.05) is 44.2 Å². The smallest absolute Gasteiger partial charge is 0.291 e. The van der Waals surface area contributed by atoms with Gasteiger partial charge in [0, 0.05) is 12.0 Å². The Morgan fingerprint density at radius 1 is 1.04 bits per heavy atom. The molecule has 2 rings (SSSR count). The van der Waals surface area contributed by atoms with Gasteiger partial charge in [-0.25, -0.2) is 4.39 Å². The summed E-state index contributed by atoms with van der Waals surface area (Å²) in [5.41, 5.74) is 1.33. The van der Waals surface area contributed by atoms with Crippen molar-refractivity contribution < 1.29 is 14.0 Å². The maximum atomic E-state index is 13.0. The van der Waals surface area contributed by atoms with Crippen LogP contribution in [0.15, 0.2) is 60.7 Å². The first-order valence-corrected chi connectivity index (χ1v) is 7.70. The summed E-state index contributed by atoms with van der Waals surface area (Å²) in [4.78, 5) is 23.8. The van der Waals surface area contributed by atoms with Crippen LogP contribution in [0.3, 0.4) is 0 Å². The number of halogens is 1. The second-order valence-corrected chi connectivity index (χ2v) is 6.18. The van der Waals surface area contributed by atoms with E-state index in [0.29, 0.717) is 0 Å². The Morgan fingerprint density at radius 2 is 1.67 bits per heavy atom. The van der Waals surface area contributed by atoms with Gasteiger partial charge >= 0.3 is 0 Å². The molecule has 4 heteroatoms. The van der Waals surface area contributed by atoms with E-state index >= 15 is 0 Å². The fourth-order valence-electron chi connectivity index (χ4n) is 2.20. The summed E-state index contributed by atoms with van der Waals surface area (Å²) in [6.45, 7) is 4.12. The number of benzene rings is 2. The monoisotopic (exact) mass is 325 g/mol. The van der Waals surface area contributed by atoms with Crippen molar-refractivity contribution >= 4 is 17.8 Å². The molecule has 0 radical (unpaired) electrons. The van der Waals surface area contributed by atoms with Gasteiger partial charge in [-0.1, -0.05) is 62.4 Å². The van der Waals surface area contributed by atoms with Crippen molar-refractivity contribution in [1.82, 2.24) is 5.32 Å². The van der Waals surface area contributed by atoms with Gasteiger partial charge in [-0.2, -0.15) is 0 Å². The second-order valence-electron chi connectivity index (χ2n) is 6.18. The average molecular weight is 325 g/mol. The number of carbonyl (C=O) groups is 2. The van der Waals surface area contributed by atoms with Gasteiger partial charge in [0.2, 0.25) is 5.78 Å². The van der Waals surface area contributed by atoms with Crippen molar-refractivity contribution in [2.75, 3.05) is 6.54 Å². The van der Waals surface area contributed by atoms with E-state index in [4.69, 9.17) is 0 Å². The number of carbonyl (C=O) groups excluding carboxylic acids is 2. The van der Waals surface area contributed by atoms with E-state index in [2.05, 4.69) is 5.32 Å². The standard InChI is InChI=1S/C20H20FNO2/c1-20(2,16-9-11-17(21)12-10-16)14-22-19(24)18(23)13-8-15-6-4-3-5-7-15/h3-13H,14H2,1-2H3,(H,22,24)/b13-8+. The first-order valence-electron chi connectivity index (χ1n) is 7.70. The van der Waals surface area contributed by atoms with Gasteiger partial charge < -0.3 is 5.32 Å². The number of hydrogen-bond acceptors (Lipinski definition) is 2. The van der Waals surface area contributed by atoms with Crippen LogP contribution in [-0.2, 0) is 15.0 Å². The Morgan fingerprint density at radius 3 is 2.29 bits per heavy atom. The van der Waals surface area contributed by atoms with Gasteiger partial charge in [0.05, 0.1) is 0 Å². The maximum absolute atomic E-state index is 13.0. The highest BCUT2D eigenvalue weighted by Gasteiger charge is 2.22. The molecule has 0 aliphatic rings. The highest BCUT2D eigenvalue weighted by molar-refractivity contribution is 6.41. The molecule has 0 aromatic heterocycles. The fourth-order valence-corrected chi connectivity index (χ4v) is 2.20. The largest absolute Gasteiger partial charge is 0.348 e. The van der Waals surface area contributed by atoms with Crippen LogP contribution in [0.5, 0.6) is 0 Å². The number of amides is 1. The van der Waals surface area contributed by atoms with Crippen LogP contribution in [0.25, 0.3) is 6.08 Å². The zero-order valence-corrected chi connectivity index (χ0v) is 13.8. The molecule has 3 nitrogen and oxygen atoms in total. The number of ketones is 1. The quantitative estimate of drug-likeness (QED) is 0.653. The van der Waals surface area contributed by atoms with Crippen LogP contribution in [0.4, 0.5) is 4.39 Å². The Labute approximate surface area is 141 Å². The first kappa shape index (κ1) is 17.6. The van der Waals surface area contributed by atoms with Crippen LogP contribution in [0.2, 0.25) is 0 Å². The molecule has 2 aromatic carbocycles. The number of rotatable bonds is 6. The summed E-state index contributed by atoms with van der Waals surface area (Å²) in [6, 6.07) is 15.4. The van der Waals surface area contributed by atoms with Crippen molar-refractivity contribution in [3.63, 3.8) is 0 Å². The van der Waals surface area contributed by atoms with E-state index in [9.17, 15) is 14.0 Å². The lowest BCUT2D eigenvalue weighted by Gasteiger charge is -2.25. The maximum Gasteiger partial charge on any atom is 0.291 e. The van der Waals surface area contributed by atoms with Crippen molar-refractivity contribution in [3.05, 3.63) is 77.6 Å². The van der Waals surface area contributed by atoms with Crippen LogP contribution >= 0.6 is 0 Å². The molecule has 0 aliphatic heterocycles. The molecule has 0 spiro atoms. The molecule has 0 fully saturated rings. The van der Waals surface area contributed by atoms with Crippen molar-refractivity contribution in [2.45, 2.75) is 19.3 Å². The zero-order valence-electron chi connectivity index (χ0n) is 13.8. The fraction of sp³-hybridized carbons (Fsp3) is 0.200. The third-order valence-electron chi connectivity index (χ3n) is 3.77. The highest BCUT2D eigenvalue weighted by Crippen LogP contribution is 2.22. The summed E-state index contributed by atoms with van der Waals surface area (Å²) < 4.78 is 13.0. The average Bonchev–Trinajstić information content (AvgIpc) is 2.59. The van der Waals surface area contributed by atoms with E-state index in [-0.39, 0.29) is 12.4 Å². The van der Waals surface area contributed by atoms with Gasteiger partial charge in [-0.3, -0.25) is 9.59 Å². The summed E-state index contributed by atoms with van der Waals surface area (Å²) in [5, 5.41) is 2.64. The van der Waals surface area contributed by atoms with Crippen LogP contribution in [0, 0.1) is 5.82 Å². The minimum Gasteiger partial charge on any atom is -0.348 e. The Balaban J connectivity index is 1.93. The molecule has 24 heavy (non-hydrogen) atoms. The second kappa shape index (κ2) is 7.68.